The van der Waals surface area contributed by atoms with Crippen LogP contribution in [0, 0.1) is 0 Å². The van der Waals surface area contributed by atoms with E-state index >= 15 is 0 Å². The van der Waals surface area contributed by atoms with Crippen molar-refractivity contribution in [2.24, 2.45) is 4.99 Å². The van der Waals surface area contributed by atoms with Crippen LogP contribution in [-0.4, -0.2) is 47.2 Å². The van der Waals surface area contributed by atoms with Gasteiger partial charge in [0.05, 0.1) is 33.6 Å². The van der Waals surface area contributed by atoms with E-state index in [1.807, 2.05) is 53.1 Å². The summed E-state index contributed by atoms with van der Waals surface area (Å²) in [5.74, 6) is 1.93. The lowest BCUT2D eigenvalue weighted by Gasteiger charge is -2.15. The maximum atomic E-state index is 12.0. The van der Waals surface area contributed by atoms with Crippen molar-refractivity contribution in [3.05, 3.63) is 77.7 Å². The van der Waals surface area contributed by atoms with Gasteiger partial charge in [0.15, 0.2) is 11.5 Å². The first kappa shape index (κ1) is 21.9. The van der Waals surface area contributed by atoms with E-state index in [1.54, 1.807) is 27.6 Å². The zero-order chi connectivity index (χ0) is 23.2. The van der Waals surface area contributed by atoms with Crippen LogP contribution in [0.15, 0.2) is 66.2 Å². The highest BCUT2D eigenvalue weighted by Crippen LogP contribution is 2.17. The summed E-state index contributed by atoms with van der Waals surface area (Å²) >= 11 is 0. The van der Waals surface area contributed by atoms with E-state index in [1.165, 1.54) is 11.2 Å². The molecule has 168 valence electrons. The van der Waals surface area contributed by atoms with Gasteiger partial charge in [-0.15, -0.1) is 0 Å². The van der Waals surface area contributed by atoms with Crippen molar-refractivity contribution >= 4 is 23.4 Å². The number of rotatable bonds is 8. The molecule has 0 saturated carbocycles. The summed E-state index contributed by atoms with van der Waals surface area (Å²) in [4.78, 5) is 31.4. The molecule has 0 aliphatic carbocycles. The van der Waals surface area contributed by atoms with Crippen molar-refractivity contribution in [3.8, 4) is 11.5 Å². The highest BCUT2D eigenvalue weighted by Gasteiger charge is 2.15. The summed E-state index contributed by atoms with van der Waals surface area (Å²) in [7, 11) is 4.90. The standard InChI is InChI=1S/C24H24N6O3/c1-25-21-22-24(29(15-28-22)12-17-4-8-19(32-2)9-5-17)27-14-26-23(21)30(16-31)13-18-6-10-20(33-3)11-7-18/h4-11,14-16H,12-13H2,1-3H3/b25-21-. The van der Waals surface area contributed by atoms with Crippen LogP contribution in [0.4, 0.5) is 5.82 Å². The molecule has 0 fully saturated rings. The molecule has 0 saturated heterocycles. The number of carbonyl (C=O) groups excluding carboxylic acids is 1. The molecule has 0 unspecified atom stereocenters. The molecule has 1 amide bonds. The molecule has 4 rings (SSSR count). The molecule has 4 aromatic rings. The monoisotopic (exact) mass is 444 g/mol. The second-order valence-corrected chi connectivity index (χ2v) is 7.24. The maximum Gasteiger partial charge on any atom is 0.215 e. The molecule has 9 heteroatoms. The Hall–Kier alpha value is -4.27. The zero-order valence-electron chi connectivity index (χ0n) is 18.7. The fourth-order valence-corrected chi connectivity index (χ4v) is 3.53. The van der Waals surface area contributed by atoms with Crippen molar-refractivity contribution in [1.29, 1.82) is 0 Å². The number of fused-ring (bicyclic) bond motifs is 1. The van der Waals surface area contributed by atoms with Crippen molar-refractivity contribution in [2.45, 2.75) is 13.1 Å². The molecule has 33 heavy (non-hydrogen) atoms. The molecule has 0 bridgehead atoms. The Bertz CT molecular complexity index is 1320. The predicted molar refractivity (Wildman–Crippen MR) is 124 cm³/mol. The normalized spacial score (nSPS) is 11.4. The van der Waals surface area contributed by atoms with Gasteiger partial charge in [-0.1, -0.05) is 24.3 Å². The van der Waals surface area contributed by atoms with E-state index in [0.717, 1.165) is 29.0 Å². The summed E-state index contributed by atoms with van der Waals surface area (Å²) < 4.78 is 12.4. The Morgan fingerprint density at radius 2 is 1.58 bits per heavy atom. The smallest absolute Gasteiger partial charge is 0.215 e. The van der Waals surface area contributed by atoms with E-state index in [-0.39, 0.29) is 0 Å². The van der Waals surface area contributed by atoms with E-state index in [4.69, 9.17) is 9.47 Å². The van der Waals surface area contributed by atoms with Gasteiger partial charge in [0.2, 0.25) is 6.41 Å². The lowest BCUT2D eigenvalue weighted by Crippen LogP contribution is -2.27. The topological polar surface area (TPSA) is 94.7 Å². The van der Waals surface area contributed by atoms with Crippen molar-refractivity contribution in [3.63, 3.8) is 0 Å². The number of benzene rings is 2. The number of hydrogen-bond acceptors (Lipinski definition) is 7. The SMILES string of the molecule is C/N=c1\c(N(C=O)Cc2ccc(OC)cc2)ncnc2c1ncn2Cc1ccc(OC)cc1. The van der Waals surface area contributed by atoms with Crippen molar-refractivity contribution in [1.82, 2.24) is 19.5 Å². The first-order chi connectivity index (χ1) is 16.2. The van der Waals surface area contributed by atoms with Gasteiger partial charge in [0, 0.05) is 7.05 Å². The van der Waals surface area contributed by atoms with Gasteiger partial charge in [-0.25, -0.2) is 15.0 Å². The summed E-state index contributed by atoms with van der Waals surface area (Å²) in [5.41, 5.74) is 3.19. The lowest BCUT2D eigenvalue weighted by molar-refractivity contribution is -0.107. The number of aromatic nitrogens is 4. The quantitative estimate of drug-likeness (QED) is 0.388. The molecule has 9 nitrogen and oxygen atoms in total. The van der Waals surface area contributed by atoms with Crippen LogP contribution < -0.4 is 19.7 Å². The van der Waals surface area contributed by atoms with Crippen molar-refractivity contribution in [2.75, 3.05) is 26.2 Å². The first-order valence-corrected chi connectivity index (χ1v) is 10.3. The number of ether oxygens (including phenoxy) is 2. The number of imidazole rings is 1. The van der Waals surface area contributed by atoms with Gasteiger partial charge in [-0.3, -0.25) is 14.7 Å². The highest BCUT2D eigenvalue weighted by molar-refractivity contribution is 5.78. The van der Waals surface area contributed by atoms with Gasteiger partial charge in [0.1, 0.15) is 28.7 Å². The Balaban J connectivity index is 1.71. The third-order valence-corrected chi connectivity index (χ3v) is 5.25. The van der Waals surface area contributed by atoms with Crippen molar-refractivity contribution < 1.29 is 14.3 Å². The largest absolute Gasteiger partial charge is 0.497 e. The minimum Gasteiger partial charge on any atom is -0.497 e. The highest BCUT2D eigenvalue weighted by atomic mass is 16.5. The average molecular weight is 444 g/mol. The number of carbonyl (C=O) groups is 1. The molecule has 2 heterocycles. The number of hydrogen-bond donors (Lipinski definition) is 0. The van der Waals surface area contributed by atoms with E-state index in [0.29, 0.717) is 35.4 Å². The summed E-state index contributed by atoms with van der Waals surface area (Å²) in [6.07, 6.45) is 3.89. The van der Waals surface area contributed by atoms with Gasteiger partial charge in [0.25, 0.3) is 0 Å². The number of anilines is 1. The number of methoxy groups -OCH3 is 2. The Labute approximate surface area is 191 Å². The van der Waals surface area contributed by atoms with Gasteiger partial charge in [-0.05, 0) is 35.4 Å². The number of nitrogens with zero attached hydrogens (tertiary/aromatic N) is 6. The van der Waals surface area contributed by atoms with Gasteiger partial charge < -0.3 is 14.0 Å². The average Bonchev–Trinajstić information content (AvgIpc) is 3.14. The number of amides is 1. The Morgan fingerprint density at radius 1 is 0.939 bits per heavy atom. The van der Waals surface area contributed by atoms with E-state index < -0.39 is 0 Å². The fourth-order valence-electron chi connectivity index (χ4n) is 3.53. The third kappa shape index (κ3) is 4.67. The van der Waals surface area contributed by atoms with Crippen LogP contribution in [-0.2, 0) is 17.9 Å². The van der Waals surface area contributed by atoms with Crippen LogP contribution in [0.2, 0.25) is 0 Å². The second-order valence-electron chi connectivity index (χ2n) is 7.24. The second kappa shape index (κ2) is 9.90. The molecule has 2 aromatic heterocycles. The summed E-state index contributed by atoms with van der Waals surface area (Å²) in [5, 5.41) is 0.497. The van der Waals surface area contributed by atoms with E-state index in [2.05, 4.69) is 19.9 Å². The first-order valence-electron chi connectivity index (χ1n) is 10.3. The molecule has 0 aliphatic heterocycles. The molecular weight excluding hydrogens is 420 g/mol. The Kier molecular flexibility index (Phi) is 6.58. The molecule has 0 radical (unpaired) electrons. The maximum absolute atomic E-state index is 12.0. The fraction of sp³-hybridized carbons (Fsp3) is 0.208. The summed E-state index contributed by atoms with van der Waals surface area (Å²) in [6, 6.07) is 15.3. The van der Waals surface area contributed by atoms with Crippen LogP contribution in [0.1, 0.15) is 11.1 Å². The summed E-state index contributed by atoms with van der Waals surface area (Å²) in [6.45, 7) is 0.889. The third-order valence-electron chi connectivity index (χ3n) is 5.25. The van der Waals surface area contributed by atoms with Crippen LogP contribution in [0.3, 0.4) is 0 Å². The van der Waals surface area contributed by atoms with Gasteiger partial charge >= 0.3 is 0 Å². The minimum absolute atomic E-state index is 0.321. The molecule has 0 aliphatic rings. The molecule has 2 aromatic carbocycles. The Morgan fingerprint density at radius 3 is 2.15 bits per heavy atom. The van der Waals surface area contributed by atoms with Gasteiger partial charge in [-0.2, -0.15) is 0 Å². The predicted octanol–water partition coefficient (Wildman–Crippen LogP) is 2.59. The molecular formula is C24H24N6O3. The van der Waals surface area contributed by atoms with Crippen LogP contribution in [0.25, 0.3) is 11.2 Å². The molecule has 0 N–H and O–H groups in total. The molecule has 0 atom stereocenters. The minimum atomic E-state index is 0.321. The molecule has 0 spiro atoms. The van der Waals surface area contributed by atoms with Crippen LogP contribution >= 0.6 is 0 Å². The lowest BCUT2D eigenvalue weighted by atomic mass is 10.2. The van der Waals surface area contributed by atoms with Crippen LogP contribution in [0.5, 0.6) is 11.5 Å². The van der Waals surface area contributed by atoms with E-state index in [9.17, 15) is 4.79 Å². The zero-order valence-corrected chi connectivity index (χ0v) is 18.7.